The highest BCUT2D eigenvalue weighted by atomic mass is 79.9. The lowest BCUT2D eigenvalue weighted by Crippen LogP contribution is -2.25. The van der Waals surface area contributed by atoms with Crippen LogP contribution in [-0.2, 0) is 4.74 Å². The highest BCUT2D eigenvalue weighted by molar-refractivity contribution is 9.10. The molecule has 1 unspecified atom stereocenters. The van der Waals surface area contributed by atoms with Gasteiger partial charge in [-0.05, 0) is 25.1 Å². The minimum Gasteiger partial charge on any atom is -0.356 e. The topological polar surface area (TPSA) is 27.1 Å². The average molecular weight is 267 g/mol. The van der Waals surface area contributed by atoms with E-state index >= 15 is 0 Å². The maximum absolute atomic E-state index is 5.46. The van der Waals surface area contributed by atoms with Gasteiger partial charge in [-0.15, -0.1) is 0 Å². The molecule has 15 heavy (non-hydrogen) atoms. The number of ether oxygens (including phenoxy) is 1. The van der Waals surface area contributed by atoms with Gasteiger partial charge < -0.3 is 4.74 Å². The fourth-order valence-electron chi connectivity index (χ4n) is 1.91. The molecule has 2 heterocycles. The van der Waals surface area contributed by atoms with Crippen molar-refractivity contribution in [1.29, 1.82) is 0 Å². The van der Waals surface area contributed by atoms with Gasteiger partial charge in [0.2, 0.25) is 0 Å². The number of hydrogen-bond acceptors (Lipinski definition) is 2. The van der Waals surface area contributed by atoms with E-state index in [9.17, 15) is 0 Å². The SMILES string of the molecule is Cc1nn(C2CCO2)c2cc(Br)ccc12. The van der Waals surface area contributed by atoms with Crippen molar-refractivity contribution in [2.24, 2.45) is 0 Å². The summed E-state index contributed by atoms with van der Waals surface area (Å²) in [5.74, 6) is 0. The number of fused-ring (bicyclic) bond motifs is 1. The smallest absolute Gasteiger partial charge is 0.153 e. The summed E-state index contributed by atoms with van der Waals surface area (Å²) in [5.41, 5.74) is 2.21. The summed E-state index contributed by atoms with van der Waals surface area (Å²) in [7, 11) is 0. The van der Waals surface area contributed by atoms with Crippen LogP contribution in [0.25, 0.3) is 10.9 Å². The molecule has 0 bridgehead atoms. The highest BCUT2D eigenvalue weighted by Crippen LogP contribution is 2.30. The Bertz CT molecular complexity index is 517. The van der Waals surface area contributed by atoms with Gasteiger partial charge in [0.25, 0.3) is 0 Å². The molecule has 78 valence electrons. The number of benzene rings is 1. The van der Waals surface area contributed by atoms with Crippen molar-refractivity contribution in [3.8, 4) is 0 Å². The molecule has 1 aromatic carbocycles. The molecule has 1 atom stereocenters. The standard InChI is InChI=1S/C11H11BrN2O/c1-7-9-3-2-8(12)6-10(9)14(13-7)11-4-5-15-11/h2-3,6,11H,4-5H2,1H3. The van der Waals surface area contributed by atoms with Crippen molar-refractivity contribution in [2.75, 3.05) is 6.61 Å². The van der Waals surface area contributed by atoms with Gasteiger partial charge in [-0.3, -0.25) is 0 Å². The molecule has 2 aromatic rings. The first-order valence-electron chi connectivity index (χ1n) is 5.02. The number of halogens is 1. The summed E-state index contributed by atoms with van der Waals surface area (Å²) in [6.07, 6.45) is 1.19. The summed E-state index contributed by atoms with van der Waals surface area (Å²) in [4.78, 5) is 0. The Kier molecular flexibility index (Phi) is 2.07. The van der Waals surface area contributed by atoms with Crippen LogP contribution < -0.4 is 0 Å². The molecule has 0 saturated carbocycles. The second-order valence-electron chi connectivity index (χ2n) is 3.81. The van der Waals surface area contributed by atoms with Crippen molar-refractivity contribution in [1.82, 2.24) is 9.78 Å². The Morgan fingerprint density at radius 3 is 3.00 bits per heavy atom. The van der Waals surface area contributed by atoms with Crippen LogP contribution in [-0.4, -0.2) is 16.4 Å². The van der Waals surface area contributed by atoms with Gasteiger partial charge in [-0.1, -0.05) is 15.9 Å². The monoisotopic (exact) mass is 266 g/mol. The van der Waals surface area contributed by atoms with Crippen molar-refractivity contribution in [2.45, 2.75) is 19.6 Å². The zero-order chi connectivity index (χ0) is 10.4. The van der Waals surface area contributed by atoms with E-state index in [1.165, 1.54) is 5.39 Å². The Labute approximate surface area is 96.2 Å². The average Bonchev–Trinajstić information content (AvgIpc) is 2.41. The lowest BCUT2D eigenvalue weighted by Gasteiger charge is -2.27. The maximum atomic E-state index is 5.46. The zero-order valence-electron chi connectivity index (χ0n) is 8.40. The van der Waals surface area contributed by atoms with Crippen molar-refractivity contribution in [3.05, 3.63) is 28.4 Å². The third-order valence-corrected chi connectivity index (χ3v) is 3.30. The van der Waals surface area contributed by atoms with Crippen LogP contribution in [0.15, 0.2) is 22.7 Å². The van der Waals surface area contributed by atoms with Gasteiger partial charge >= 0.3 is 0 Å². The van der Waals surface area contributed by atoms with Crippen molar-refractivity contribution < 1.29 is 4.74 Å². The molecule has 4 heteroatoms. The molecule has 1 fully saturated rings. The van der Waals surface area contributed by atoms with Crippen LogP contribution in [0.5, 0.6) is 0 Å². The fraction of sp³-hybridized carbons (Fsp3) is 0.364. The summed E-state index contributed by atoms with van der Waals surface area (Å²) in [5, 5.41) is 5.73. The van der Waals surface area contributed by atoms with E-state index in [0.717, 1.165) is 28.7 Å². The van der Waals surface area contributed by atoms with Gasteiger partial charge in [-0.25, -0.2) is 4.68 Å². The van der Waals surface area contributed by atoms with Crippen LogP contribution in [0, 0.1) is 6.92 Å². The van der Waals surface area contributed by atoms with Gasteiger partial charge in [-0.2, -0.15) is 5.10 Å². The van der Waals surface area contributed by atoms with E-state index in [4.69, 9.17) is 4.74 Å². The van der Waals surface area contributed by atoms with Gasteiger partial charge in [0.1, 0.15) is 0 Å². The van der Waals surface area contributed by atoms with E-state index < -0.39 is 0 Å². The van der Waals surface area contributed by atoms with Crippen molar-refractivity contribution >= 4 is 26.8 Å². The second-order valence-corrected chi connectivity index (χ2v) is 4.72. The molecule has 0 aliphatic carbocycles. The number of nitrogens with zero attached hydrogens (tertiary/aromatic N) is 2. The first-order valence-corrected chi connectivity index (χ1v) is 5.81. The molecule has 0 radical (unpaired) electrons. The normalized spacial score (nSPS) is 20.5. The number of aryl methyl sites for hydroxylation is 1. The first-order chi connectivity index (χ1) is 7.25. The van der Waals surface area contributed by atoms with Gasteiger partial charge in [0, 0.05) is 16.3 Å². The molecule has 3 rings (SSSR count). The lowest BCUT2D eigenvalue weighted by molar-refractivity contribution is -0.104. The van der Waals surface area contributed by atoms with Gasteiger partial charge in [0.05, 0.1) is 17.8 Å². The molecule has 1 saturated heterocycles. The zero-order valence-corrected chi connectivity index (χ0v) is 9.99. The van der Waals surface area contributed by atoms with Crippen LogP contribution in [0.3, 0.4) is 0 Å². The number of rotatable bonds is 1. The van der Waals surface area contributed by atoms with E-state index in [1.54, 1.807) is 0 Å². The molecule has 1 aliphatic heterocycles. The minimum absolute atomic E-state index is 0.135. The Morgan fingerprint density at radius 2 is 2.33 bits per heavy atom. The number of hydrogen-bond donors (Lipinski definition) is 0. The van der Waals surface area contributed by atoms with Gasteiger partial charge in [0.15, 0.2) is 6.23 Å². The van der Waals surface area contributed by atoms with E-state index in [1.807, 2.05) is 17.7 Å². The third kappa shape index (κ3) is 1.40. The molecule has 1 aromatic heterocycles. The second kappa shape index (κ2) is 3.32. The Morgan fingerprint density at radius 1 is 1.53 bits per heavy atom. The molecule has 3 nitrogen and oxygen atoms in total. The van der Waals surface area contributed by atoms with Crippen LogP contribution in [0.2, 0.25) is 0 Å². The molecule has 0 N–H and O–H groups in total. The molecular formula is C11H11BrN2O. The largest absolute Gasteiger partial charge is 0.356 e. The van der Waals surface area contributed by atoms with E-state index in [2.05, 4.69) is 33.2 Å². The van der Waals surface area contributed by atoms with Crippen LogP contribution >= 0.6 is 15.9 Å². The van der Waals surface area contributed by atoms with E-state index in [0.29, 0.717) is 0 Å². The summed E-state index contributed by atoms with van der Waals surface area (Å²) >= 11 is 3.48. The quantitative estimate of drug-likeness (QED) is 0.794. The summed E-state index contributed by atoms with van der Waals surface area (Å²) in [6.45, 7) is 2.88. The van der Waals surface area contributed by atoms with Crippen LogP contribution in [0.1, 0.15) is 18.3 Å². The first kappa shape index (κ1) is 9.36. The van der Waals surface area contributed by atoms with Crippen LogP contribution in [0.4, 0.5) is 0 Å². The number of aromatic nitrogens is 2. The van der Waals surface area contributed by atoms with E-state index in [-0.39, 0.29) is 6.23 Å². The molecule has 0 spiro atoms. The minimum atomic E-state index is 0.135. The highest BCUT2D eigenvalue weighted by Gasteiger charge is 2.23. The summed E-state index contributed by atoms with van der Waals surface area (Å²) in [6, 6.07) is 6.23. The molecular weight excluding hydrogens is 256 g/mol. The maximum Gasteiger partial charge on any atom is 0.153 e. The predicted molar refractivity (Wildman–Crippen MR) is 61.8 cm³/mol. The Balaban J connectivity index is 2.24. The predicted octanol–water partition coefficient (Wildman–Crippen LogP) is 3.03. The Hall–Kier alpha value is -0.870. The molecule has 1 aliphatic rings. The lowest BCUT2D eigenvalue weighted by atomic mass is 10.2. The molecule has 0 amide bonds. The third-order valence-electron chi connectivity index (χ3n) is 2.80. The fourth-order valence-corrected chi connectivity index (χ4v) is 2.25. The summed E-state index contributed by atoms with van der Waals surface area (Å²) < 4.78 is 8.53. The van der Waals surface area contributed by atoms with Crippen molar-refractivity contribution in [3.63, 3.8) is 0 Å².